The number of carbonyl (C=O) groups is 4. The minimum atomic E-state index is -2.43. The zero-order chi connectivity index (χ0) is 31.7. The fraction of sp³-hybridized carbons (Fsp3) is 0.562. The molecule has 1 aromatic rings. The molecule has 0 aromatic heterocycles. The van der Waals surface area contributed by atoms with Crippen LogP contribution in [0.15, 0.2) is 42.0 Å². The van der Waals surface area contributed by atoms with Crippen LogP contribution in [0, 0.1) is 40.2 Å². The number of allylic oxidation sites excluding steroid dienone is 4. The highest BCUT2D eigenvalue weighted by Crippen LogP contribution is 2.71. The van der Waals surface area contributed by atoms with Crippen molar-refractivity contribution in [2.45, 2.75) is 76.9 Å². The van der Waals surface area contributed by atoms with Gasteiger partial charge in [-0.1, -0.05) is 32.9 Å². The molecule has 0 spiro atoms. The Hall–Kier alpha value is -3.34. The number of esters is 2. The van der Waals surface area contributed by atoms with Gasteiger partial charge in [0, 0.05) is 29.1 Å². The van der Waals surface area contributed by atoms with Gasteiger partial charge in [-0.15, -0.1) is 0 Å². The summed E-state index contributed by atoms with van der Waals surface area (Å²) in [6.45, 7) is 5.09. The Balaban J connectivity index is 1.54. The summed E-state index contributed by atoms with van der Waals surface area (Å²) in [4.78, 5) is 51.6. The van der Waals surface area contributed by atoms with Crippen LogP contribution in [-0.2, 0) is 23.9 Å². The highest BCUT2D eigenvalue weighted by Gasteiger charge is 2.78. The van der Waals surface area contributed by atoms with Crippen LogP contribution >= 0.6 is 0 Å². The molecule has 0 radical (unpaired) electrons. The van der Waals surface area contributed by atoms with Crippen molar-refractivity contribution in [2.75, 3.05) is 6.61 Å². The monoisotopic (exact) mass is 606 g/mol. The van der Waals surface area contributed by atoms with Gasteiger partial charge in [0.25, 0.3) is 0 Å². The highest BCUT2D eigenvalue weighted by molar-refractivity contribution is 6.01. The summed E-state index contributed by atoms with van der Waals surface area (Å²) in [6.07, 6.45) is -0.805. The van der Waals surface area contributed by atoms with Crippen molar-refractivity contribution in [2.24, 2.45) is 28.6 Å². The van der Waals surface area contributed by atoms with Crippen molar-refractivity contribution < 1.29 is 51.3 Å². The molecule has 7 nitrogen and oxygen atoms in total. The summed E-state index contributed by atoms with van der Waals surface area (Å²) in [5.74, 6) is -8.93. The molecule has 0 aliphatic heterocycles. The van der Waals surface area contributed by atoms with Crippen molar-refractivity contribution in [1.29, 1.82) is 0 Å². The summed E-state index contributed by atoms with van der Waals surface area (Å²) < 4.78 is 72.4. The van der Waals surface area contributed by atoms with Gasteiger partial charge in [-0.2, -0.15) is 0 Å². The number of benzene rings is 1. The van der Waals surface area contributed by atoms with Crippen LogP contribution in [0.2, 0.25) is 0 Å². The van der Waals surface area contributed by atoms with Crippen LogP contribution in [0.4, 0.5) is 17.6 Å². The third-order valence-electron chi connectivity index (χ3n) is 10.6. The lowest BCUT2D eigenvalue weighted by Gasteiger charge is -2.63. The van der Waals surface area contributed by atoms with Crippen LogP contribution in [-0.4, -0.2) is 58.8 Å². The van der Waals surface area contributed by atoms with Gasteiger partial charge < -0.3 is 14.6 Å². The lowest BCUT2D eigenvalue weighted by atomic mass is 9.44. The molecule has 0 unspecified atom stereocenters. The zero-order valence-corrected chi connectivity index (χ0v) is 24.3. The molecule has 5 rings (SSSR count). The molecule has 1 N–H and O–H groups in total. The van der Waals surface area contributed by atoms with Gasteiger partial charge in [-0.25, -0.2) is 22.4 Å². The molecule has 4 aliphatic rings. The number of aliphatic hydroxyl groups excluding tert-OH is 1. The first-order chi connectivity index (χ1) is 20.1. The first kappa shape index (κ1) is 31.1. The summed E-state index contributed by atoms with van der Waals surface area (Å²) in [5, 5.41) is 11.6. The van der Waals surface area contributed by atoms with Crippen molar-refractivity contribution in [1.82, 2.24) is 0 Å². The third kappa shape index (κ3) is 4.17. The van der Waals surface area contributed by atoms with Crippen LogP contribution in [0.25, 0.3) is 0 Å². The number of halogens is 4. The Morgan fingerprint density at radius 3 is 2.49 bits per heavy atom. The van der Waals surface area contributed by atoms with Crippen molar-refractivity contribution in [3.05, 3.63) is 59.2 Å². The molecule has 9 atom stereocenters. The molecule has 0 saturated heterocycles. The molecule has 232 valence electrons. The largest absolute Gasteiger partial charge is 0.454 e. The molecular weight excluding hydrogens is 572 g/mol. The lowest BCUT2D eigenvalue weighted by Crippen LogP contribution is -2.71. The number of hydrogen-bond donors (Lipinski definition) is 1. The maximum absolute atomic E-state index is 17.5. The molecule has 4 aliphatic carbocycles. The fourth-order valence-corrected chi connectivity index (χ4v) is 8.50. The van der Waals surface area contributed by atoms with E-state index >= 15 is 8.78 Å². The van der Waals surface area contributed by atoms with Gasteiger partial charge in [0.15, 0.2) is 29.7 Å². The van der Waals surface area contributed by atoms with E-state index < -0.39 is 106 Å². The molecule has 0 heterocycles. The quantitative estimate of drug-likeness (QED) is 0.278. The van der Waals surface area contributed by atoms with E-state index in [9.17, 15) is 33.1 Å². The first-order valence-electron chi connectivity index (χ1n) is 14.4. The Labute approximate surface area is 246 Å². The number of Topliss-reactive ketones (excluding diaryl/α,β-unsaturated/α-hetero) is 1. The van der Waals surface area contributed by atoms with E-state index in [4.69, 9.17) is 9.47 Å². The smallest absolute Gasteiger partial charge is 0.351 e. The summed E-state index contributed by atoms with van der Waals surface area (Å²) in [6, 6.07) is 2.98. The van der Waals surface area contributed by atoms with Crippen molar-refractivity contribution >= 4 is 23.5 Å². The number of fused-ring (bicyclic) bond motifs is 5. The number of aliphatic hydroxyl groups is 1. The second-order valence-corrected chi connectivity index (χ2v) is 12.7. The number of alkyl halides is 2. The van der Waals surface area contributed by atoms with Crippen LogP contribution in [0.1, 0.15) is 63.7 Å². The van der Waals surface area contributed by atoms with E-state index in [2.05, 4.69) is 0 Å². The van der Waals surface area contributed by atoms with Crippen LogP contribution in [0.5, 0.6) is 0 Å². The Kier molecular flexibility index (Phi) is 7.51. The molecule has 1 aromatic carbocycles. The number of ketones is 2. The van der Waals surface area contributed by atoms with E-state index in [1.165, 1.54) is 19.9 Å². The number of carbonyl (C=O) groups excluding carboxylic acids is 4. The average Bonchev–Trinajstić information content (AvgIpc) is 3.17. The van der Waals surface area contributed by atoms with Crippen LogP contribution < -0.4 is 0 Å². The van der Waals surface area contributed by atoms with E-state index in [0.29, 0.717) is 0 Å². The predicted molar refractivity (Wildman–Crippen MR) is 144 cm³/mol. The molecule has 43 heavy (non-hydrogen) atoms. The van der Waals surface area contributed by atoms with Gasteiger partial charge in [-0.05, 0) is 62.0 Å². The Morgan fingerprint density at radius 2 is 1.81 bits per heavy atom. The van der Waals surface area contributed by atoms with Gasteiger partial charge in [0.2, 0.25) is 11.4 Å². The molecule has 0 amide bonds. The highest BCUT2D eigenvalue weighted by atomic mass is 19.2. The average molecular weight is 607 g/mol. The van der Waals surface area contributed by atoms with E-state index in [1.807, 2.05) is 0 Å². The van der Waals surface area contributed by atoms with Crippen molar-refractivity contribution in [3.63, 3.8) is 0 Å². The normalized spacial score (nSPS) is 39.7. The van der Waals surface area contributed by atoms with Gasteiger partial charge in [-0.3, -0.25) is 14.4 Å². The molecule has 3 saturated carbocycles. The first-order valence-corrected chi connectivity index (χ1v) is 14.4. The number of ether oxygens (including phenoxy) is 2. The molecular formula is C32H34F4O7. The second-order valence-electron chi connectivity index (χ2n) is 12.7. The SMILES string of the molecule is CCC(=O)O[C@]1(C(=O)OCC(=O)c2cccc(F)c2F)[C@H](C)C[C@H]2[C@@H]3C[C@H](F)C4=CC(=O)C=C[C@]4(C)[C@@]3(F)[C@@H](O)C[C@@]21C. The maximum atomic E-state index is 17.5. The van der Waals surface area contributed by atoms with E-state index in [0.717, 1.165) is 30.4 Å². The number of hydrogen-bond acceptors (Lipinski definition) is 7. The molecule has 11 heteroatoms. The van der Waals surface area contributed by atoms with Gasteiger partial charge in [0.1, 0.15) is 6.17 Å². The summed E-state index contributed by atoms with van der Waals surface area (Å²) in [7, 11) is 0. The molecule has 0 bridgehead atoms. The predicted octanol–water partition coefficient (Wildman–Crippen LogP) is 4.95. The summed E-state index contributed by atoms with van der Waals surface area (Å²) >= 11 is 0. The Bertz CT molecular complexity index is 1460. The van der Waals surface area contributed by atoms with E-state index in [-0.39, 0.29) is 24.8 Å². The topological polar surface area (TPSA) is 107 Å². The van der Waals surface area contributed by atoms with E-state index in [1.54, 1.807) is 13.8 Å². The lowest BCUT2D eigenvalue weighted by molar-refractivity contribution is -0.238. The van der Waals surface area contributed by atoms with Gasteiger partial charge in [0.05, 0.1) is 11.7 Å². The third-order valence-corrected chi connectivity index (χ3v) is 10.6. The fourth-order valence-electron chi connectivity index (χ4n) is 8.50. The number of rotatable bonds is 6. The minimum Gasteiger partial charge on any atom is -0.454 e. The maximum Gasteiger partial charge on any atom is 0.351 e. The molecule has 3 fully saturated rings. The Morgan fingerprint density at radius 1 is 1.12 bits per heavy atom. The van der Waals surface area contributed by atoms with Crippen molar-refractivity contribution in [3.8, 4) is 0 Å². The zero-order valence-electron chi connectivity index (χ0n) is 24.3. The minimum absolute atomic E-state index is 0.0568. The standard InChI is InChI=1S/C32H34F4O7/c1-5-26(40)43-32(28(41)42-15-24(38)18-7-6-8-22(33)27(18)35)16(2)11-19-20-13-23(34)21-12-17(37)9-10-29(21,3)31(20,36)25(39)14-30(19,32)4/h6-10,12,16,19-20,23,25,39H,5,11,13-15H2,1-4H3/t16-,19+,20+,23+,25+,29+,30+,31+,32+/m1/s1. The second kappa shape index (κ2) is 10.4. The van der Waals surface area contributed by atoms with Crippen LogP contribution in [0.3, 0.4) is 0 Å². The summed E-state index contributed by atoms with van der Waals surface area (Å²) in [5.41, 5.74) is -8.37. The van der Waals surface area contributed by atoms with Gasteiger partial charge >= 0.3 is 11.9 Å².